The van der Waals surface area contributed by atoms with E-state index < -0.39 is 0 Å². The van der Waals surface area contributed by atoms with Gasteiger partial charge in [0, 0.05) is 68.3 Å². The van der Waals surface area contributed by atoms with Gasteiger partial charge in [0.15, 0.2) is 0 Å². The molecule has 0 bridgehead atoms. The quantitative estimate of drug-likeness (QED) is 0.223. The minimum atomic E-state index is -0.300. The number of halogens is 1. The van der Waals surface area contributed by atoms with E-state index in [0.717, 1.165) is 69.7 Å². The normalized spacial score (nSPS) is 17.0. The summed E-state index contributed by atoms with van der Waals surface area (Å²) in [5.41, 5.74) is 6.50. The number of hydrogen-bond acceptors (Lipinski definition) is 4. The highest BCUT2D eigenvalue weighted by molar-refractivity contribution is 6.15. The van der Waals surface area contributed by atoms with E-state index in [2.05, 4.69) is 48.0 Å². The van der Waals surface area contributed by atoms with Crippen molar-refractivity contribution in [2.24, 2.45) is 16.8 Å². The minimum Gasteiger partial charge on any atom is -0.381 e. The van der Waals surface area contributed by atoms with Crippen LogP contribution in [0.3, 0.4) is 0 Å². The average Bonchev–Trinajstić information content (AvgIpc) is 3.09. The van der Waals surface area contributed by atoms with Crippen molar-refractivity contribution in [2.45, 2.75) is 66.3 Å². The molecule has 2 heterocycles. The number of hydrogen-bond donors (Lipinski definition) is 0. The lowest BCUT2D eigenvalue weighted by molar-refractivity contribution is 0.0647. The molecule has 6 heteroatoms. The number of allylic oxidation sites excluding steroid dienone is 1. The molecule has 2 aliphatic rings. The Balaban J connectivity index is 0.00000235. The van der Waals surface area contributed by atoms with Crippen LogP contribution in [0.15, 0.2) is 77.8 Å². The molecule has 5 rings (SSSR count). The van der Waals surface area contributed by atoms with Gasteiger partial charge in [-0.25, -0.2) is 4.39 Å². The maximum absolute atomic E-state index is 14.0. The lowest BCUT2D eigenvalue weighted by Crippen LogP contribution is -2.47. The number of ether oxygens (including phenoxy) is 1. The van der Waals surface area contributed by atoms with Crippen molar-refractivity contribution in [3.05, 3.63) is 106 Å². The Hall–Kier alpha value is -3.77. The Morgan fingerprint density at radius 2 is 1.72 bits per heavy atom. The number of rotatable bonds is 9. The van der Waals surface area contributed by atoms with Crippen LogP contribution in [-0.2, 0) is 4.74 Å². The van der Waals surface area contributed by atoms with Gasteiger partial charge in [0.2, 0.25) is 0 Å². The first kappa shape index (κ1) is 35.1. The van der Waals surface area contributed by atoms with E-state index in [-0.39, 0.29) is 11.7 Å². The summed E-state index contributed by atoms with van der Waals surface area (Å²) in [5, 5.41) is 0. The molecule has 5 nitrogen and oxygen atoms in total. The van der Waals surface area contributed by atoms with Crippen LogP contribution >= 0.6 is 0 Å². The molecule has 0 spiro atoms. The molecular weight excluding hydrogens is 573 g/mol. The highest BCUT2D eigenvalue weighted by Gasteiger charge is 2.32. The zero-order chi connectivity index (χ0) is 33.1. The molecule has 2 fully saturated rings. The van der Waals surface area contributed by atoms with Crippen LogP contribution in [-0.4, -0.2) is 62.5 Å². The molecule has 1 unspecified atom stereocenters. The third-order valence-electron chi connectivity index (χ3n) is 9.44. The number of aryl methyl sites for hydroxylation is 1. The summed E-state index contributed by atoms with van der Waals surface area (Å²) in [6.07, 6.45) is 8.14. The zero-order valence-electron chi connectivity index (χ0n) is 28.6. The summed E-state index contributed by atoms with van der Waals surface area (Å²) < 4.78 is 19.7. The molecule has 3 aromatic carbocycles. The van der Waals surface area contributed by atoms with Crippen molar-refractivity contribution in [3.63, 3.8) is 0 Å². The van der Waals surface area contributed by atoms with E-state index >= 15 is 0 Å². The molecule has 1 atom stereocenters. The van der Waals surface area contributed by atoms with E-state index in [1.54, 1.807) is 13.1 Å². The standard InChI is InChI=1S/C38H46FN3O2.C2H6/c1-5-9-31-24-33(14-15-35(31)37(40-4)32-11-8-12-34(39)25-32)38(43)41-20-16-30(17-21-41)28(3)42(26-29-18-22-44-23-19-29)36-13-7-6-10-27(36)2;1-2/h5-15,24-25,28-30H,16-23,26H2,1-4H3;1-2H3/b9-5+,40-37?;. The molecule has 246 valence electrons. The number of carbonyl (C=O) groups excluding carboxylic acids is 1. The second kappa shape index (κ2) is 17.2. The number of nitrogens with zero attached hydrogens (tertiary/aromatic N) is 3. The Morgan fingerprint density at radius 3 is 2.37 bits per heavy atom. The number of amides is 1. The highest BCUT2D eigenvalue weighted by Crippen LogP contribution is 2.32. The fourth-order valence-corrected chi connectivity index (χ4v) is 6.87. The summed E-state index contributed by atoms with van der Waals surface area (Å²) in [7, 11) is 1.72. The van der Waals surface area contributed by atoms with E-state index in [4.69, 9.17) is 4.74 Å². The van der Waals surface area contributed by atoms with Crippen molar-refractivity contribution in [1.82, 2.24) is 4.90 Å². The van der Waals surface area contributed by atoms with Crippen LogP contribution in [0.5, 0.6) is 0 Å². The van der Waals surface area contributed by atoms with Gasteiger partial charge in [-0.3, -0.25) is 9.79 Å². The number of likely N-dealkylation sites (tertiary alicyclic amines) is 1. The monoisotopic (exact) mass is 625 g/mol. The molecule has 1 amide bonds. The molecule has 3 aromatic rings. The Morgan fingerprint density at radius 1 is 1.00 bits per heavy atom. The molecule has 0 saturated carbocycles. The molecular formula is C40H52FN3O2. The topological polar surface area (TPSA) is 45.1 Å². The summed E-state index contributed by atoms with van der Waals surface area (Å²) in [4.78, 5) is 22.9. The number of aliphatic imine (C=N–C) groups is 1. The zero-order valence-corrected chi connectivity index (χ0v) is 28.6. The SMILES string of the molecule is C/C=C/c1cc(C(=O)N2CCC(C(C)N(CC3CCOCC3)c3ccccc3C)CC2)ccc1C(=NC)c1cccc(F)c1.CC. The lowest BCUT2D eigenvalue weighted by atomic mass is 9.87. The summed E-state index contributed by atoms with van der Waals surface area (Å²) >= 11 is 0. The lowest BCUT2D eigenvalue weighted by Gasteiger charge is -2.43. The van der Waals surface area contributed by atoms with Gasteiger partial charge in [-0.2, -0.15) is 0 Å². The predicted molar refractivity (Wildman–Crippen MR) is 191 cm³/mol. The Kier molecular flexibility index (Phi) is 13.1. The summed E-state index contributed by atoms with van der Waals surface area (Å²) in [6.45, 7) is 14.8. The molecule has 0 aliphatic carbocycles. The van der Waals surface area contributed by atoms with Gasteiger partial charge >= 0.3 is 0 Å². The fourth-order valence-electron chi connectivity index (χ4n) is 6.87. The Labute approximate surface area is 276 Å². The molecule has 2 aliphatic heterocycles. The predicted octanol–water partition coefficient (Wildman–Crippen LogP) is 8.83. The number of anilines is 1. The van der Waals surface area contributed by atoms with Crippen molar-refractivity contribution < 1.29 is 13.9 Å². The third-order valence-corrected chi connectivity index (χ3v) is 9.44. The average molecular weight is 626 g/mol. The second-order valence-corrected chi connectivity index (χ2v) is 12.2. The fraction of sp³-hybridized carbons (Fsp3) is 0.450. The van der Waals surface area contributed by atoms with E-state index in [0.29, 0.717) is 34.7 Å². The van der Waals surface area contributed by atoms with Gasteiger partial charge in [0.05, 0.1) is 5.71 Å². The maximum atomic E-state index is 14.0. The number of para-hydroxylation sites is 1. The number of piperidine rings is 1. The third kappa shape index (κ3) is 8.52. The van der Waals surface area contributed by atoms with Gasteiger partial charge in [-0.1, -0.05) is 62.4 Å². The first-order valence-electron chi connectivity index (χ1n) is 17.1. The Bertz CT molecular complexity index is 1490. The van der Waals surface area contributed by atoms with E-state index in [1.807, 2.05) is 62.1 Å². The van der Waals surface area contributed by atoms with Crippen LogP contribution in [0, 0.1) is 24.6 Å². The van der Waals surface area contributed by atoms with Crippen molar-refractivity contribution in [1.29, 1.82) is 0 Å². The van der Waals surface area contributed by atoms with Crippen molar-refractivity contribution in [3.8, 4) is 0 Å². The summed E-state index contributed by atoms with van der Waals surface area (Å²) in [5.74, 6) is 0.911. The van der Waals surface area contributed by atoms with Gasteiger partial charge in [0.25, 0.3) is 5.91 Å². The van der Waals surface area contributed by atoms with Crippen molar-refractivity contribution >= 4 is 23.4 Å². The van der Waals surface area contributed by atoms with Crippen LogP contribution < -0.4 is 4.90 Å². The van der Waals surface area contributed by atoms with Crippen LogP contribution in [0.2, 0.25) is 0 Å². The van der Waals surface area contributed by atoms with Gasteiger partial charge in [-0.05, 0) is 99.7 Å². The van der Waals surface area contributed by atoms with E-state index in [1.165, 1.54) is 23.4 Å². The van der Waals surface area contributed by atoms with Crippen LogP contribution in [0.4, 0.5) is 10.1 Å². The first-order valence-corrected chi connectivity index (χ1v) is 17.1. The van der Waals surface area contributed by atoms with Gasteiger partial charge in [-0.15, -0.1) is 0 Å². The largest absolute Gasteiger partial charge is 0.381 e. The minimum absolute atomic E-state index is 0.0621. The number of benzene rings is 3. The summed E-state index contributed by atoms with van der Waals surface area (Å²) in [6, 6.07) is 21.4. The van der Waals surface area contributed by atoms with Crippen LogP contribution in [0.1, 0.15) is 86.0 Å². The van der Waals surface area contributed by atoms with Crippen LogP contribution in [0.25, 0.3) is 6.08 Å². The second-order valence-electron chi connectivity index (χ2n) is 12.2. The smallest absolute Gasteiger partial charge is 0.253 e. The highest BCUT2D eigenvalue weighted by atomic mass is 19.1. The van der Waals surface area contributed by atoms with Gasteiger partial charge in [0.1, 0.15) is 5.82 Å². The maximum Gasteiger partial charge on any atom is 0.253 e. The van der Waals surface area contributed by atoms with Gasteiger partial charge < -0.3 is 14.5 Å². The molecule has 0 N–H and O–H groups in total. The van der Waals surface area contributed by atoms with Crippen molar-refractivity contribution in [2.75, 3.05) is 44.8 Å². The molecule has 46 heavy (non-hydrogen) atoms. The molecule has 0 aromatic heterocycles. The first-order chi connectivity index (χ1) is 22.4. The molecule has 0 radical (unpaired) electrons. The molecule has 2 saturated heterocycles. The number of carbonyl (C=O) groups is 1. The van der Waals surface area contributed by atoms with E-state index in [9.17, 15) is 9.18 Å².